The van der Waals surface area contributed by atoms with Crippen molar-refractivity contribution in [1.29, 1.82) is 0 Å². The summed E-state index contributed by atoms with van der Waals surface area (Å²) in [4.78, 5) is 25.3. The second-order valence-electron chi connectivity index (χ2n) is 7.50. The average molecular weight is 494 g/mol. The lowest BCUT2D eigenvalue weighted by atomic mass is 10.2. The maximum atomic E-state index is 13.3. The minimum atomic E-state index is 0.0520. The number of methoxy groups -OCH3 is 1. The molecule has 2 aromatic carbocycles. The van der Waals surface area contributed by atoms with E-state index in [9.17, 15) is 4.79 Å². The van der Waals surface area contributed by atoms with Crippen LogP contribution in [0.4, 0.5) is 5.13 Å². The van der Waals surface area contributed by atoms with E-state index in [4.69, 9.17) is 14.5 Å². The number of fused-ring (bicyclic) bond motifs is 1. The maximum Gasteiger partial charge on any atom is 0.229 e. The van der Waals surface area contributed by atoms with E-state index in [1.807, 2.05) is 61.5 Å². The standard InChI is InChI=1S/C26H27N3O3S2/c1-3-32-22-8-4-9-23-25(22)28-26(34-23)29(18-19-7-5-15-27-17-19)24(30)10-6-16-33-21-13-11-20(31-2)12-14-21/h4-5,7-9,11-15,17H,3,6,10,16,18H2,1-2H3. The Morgan fingerprint density at radius 3 is 2.71 bits per heavy atom. The molecule has 0 saturated carbocycles. The van der Waals surface area contributed by atoms with Crippen molar-refractivity contribution >= 4 is 44.4 Å². The summed E-state index contributed by atoms with van der Waals surface area (Å²) >= 11 is 3.25. The number of hydrogen-bond donors (Lipinski definition) is 0. The third-order valence-corrected chi connectivity index (χ3v) is 7.27. The summed E-state index contributed by atoms with van der Waals surface area (Å²) in [6.45, 7) is 2.95. The third kappa shape index (κ3) is 6.07. The Morgan fingerprint density at radius 2 is 1.97 bits per heavy atom. The Bertz CT molecular complexity index is 1210. The SMILES string of the molecule is CCOc1cccc2sc(N(Cc3cccnc3)C(=O)CCCSc3ccc(OC)cc3)nc12. The van der Waals surface area contributed by atoms with Crippen LogP contribution in [0.1, 0.15) is 25.3 Å². The van der Waals surface area contributed by atoms with Gasteiger partial charge in [-0.2, -0.15) is 0 Å². The molecule has 2 heterocycles. The number of nitrogens with zero attached hydrogens (tertiary/aromatic N) is 3. The molecule has 0 aliphatic rings. The number of benzene rings is 2. The molecule has 6 nitrogen and oxygen atoms in total. The second-order valence-corrected chi connectivity index (χ2v) is 9.68. The Kier molecular flexibility index (Phi) is 8.38. The number of rotatable bonds is 11. The number of hydrogen-bond acceptors (Lipinski definition) is 7. The zero-order valence-electron chi connectivity index (χ0n) is 19.3. The molecule has 2 aromatic heterocycles. The highest BCUT2D eigenvalue weighted by Crippen LogP contribution is 2.35. The van der Waals surface area contributed by atoms with Crippen LogP contribution >= 0.6 is 23.1 Å². The lowest BCUT2D eigenvalue weighted by molar-refractivity contribution is -0.118. The zero-order valence-corrected chi connectivity index (χ0v) is 20.9. The molecule has 176 valence electrons. The number of pyridine rings is 1. The molecule has 4 aromatic rings. The summed E-state index contributed by atoms with van der Waals surface area (Å²) in [5.41, 5.74) is 1.76. The summed E-state index contributed by atoms with van der Waals surface area (Å²) in [5.74, 6) is 2.49. The fourth-order valence-electron chi connectivity index (χ4n) is 3.46. The molecule has 1 amide bonds. The van der Waals surface area contributed by atoms with E-state index in [-0.39, 0.29) is 5.91 Å². The van der Waals surface area contributed by atoms with E-state index >= 15 is 0 Å². The van der Waals surface area contributed by atoms with Crippen molar-refractivity contribution in [3.8, 4) is 11.5 Å². The number of aromatic nitrogens is 2. The molecule has 0 saturated heterocycles. The van der Waals surface area contributed by atoms with Gasteiger partial charge in [0.05, 0.1) is 25.0 Å². The summed E-state index contributed by atoms with van der Waals surface area (Å²) in [6.07, 6.45) is 4.74. The van der Waals surface area contributed by atoms with Gasteiger partial charge in [-0.1, -0.05) is 23.5 Å². The number of para-hydroxylation sites is 1. The molecule has 0 fully saturated rings. The molecule has 0 aliphatic heterocycles. The van der Waals surface area contributed by atoms with Gasteiger partial charge in [0.25, 0.3) is 0 Å². The number of carbonyl (C=O) groups excluding carboxylic acids is 1. The first kappa shape index (κ1) is 24.0. The number of thioether (sulfide) groups is 1. The van der Waals surface area contributed by atoms with Gasteiger partial charge >= 0.3 is 0 Å². The molecule has 0 N–H and O–H groups in total. The van der Waals surface area contributed by atoms with Gasteiger partial charge in [0.15, 0.2) is 5.13 Å². The van der Waals surface area contributed by atoms with Crippen LogP contribution in [0.5, 0.6) is 11.5 Å². The number of anilines is 1. The Labute approximate surface area is 207 Å². The Hall–Kier alpha value is -3.10. The smallest absolute Gasteiger partial charge is 0.229 e. The van der Waals surface area contributed by atoms with Gasteiger partial charge in [-0.15, -0.1) is 11.8 Å². The van der Waals surface area contributed by atoms with E-state index in [1.165, 1.54) is 11.3 Å². The number of carbonyl (C=O) groups is 1. The van der Waals surface area contributed by atoms with Gasteiger partial charge in [0, 0.05) is 23.7 Å². The van der Waals surface area contributed by atoms with Gasteiger partial charge < -0.3 is 9.47 Å². The summed E-state index contributed by atoms with van der Waals surface area (Å²) < 4.78 is 12.0. The molecule has 0 aliphatic carbocycles. The molecule has 0 spiro atoms. The average Bonchev–Trinajstić information content (AvgIpc) is 3.31. The van der Waals surface area contributed by atoms with Gasteiger partial charge in [0.2, 0.25) is 5.91 Å². The molecule has 0 bridgehead atoms. The predicted octanol–water partition coefficient (Wildman–Crippen LogP) is 6.20. The molecule has 8 heteroatoms. The first-order valence-corrected chi connectivity index (χ1v) is 13.0. The van der Waals surface area contributed by atoms with Crippen LogP contribution in [0.3, 0.4) is 0 Å². The van der Waals surface area contributed by atoms with E-state index in [0.29, 0.717) is 24.7 Å². The highest BCUT2D eigenvalue weighted by Gasteiger charge is 2.21. The summed E-state index contributed by atoms with van der Waals surface area (Å²) in [7, 11) is 1.66. The van der Waals surface area contributed by atoms with Crippen LogP contribution < -0.4 is 14.4 Å². The minimum absolute atomic E-state index is 0.0520. The Morgan fingerprint density at radius 1 is 1.12 bits per heavy atom. The van der Waals surface area contributed by atoms with Gasteiger partial charge in [-0.05, 0) is 67.1 Å². The molecule has 0 unspecified atom stereocenters. The highest BCUT2D eigenvalue weighted by molar-refractivity contribution is 7.99. The maximum absolute atomic E-state index is 13.3. The minimum Gasteiger partial charge on any atom is -0.497 e. The van der Waals surface area contributed by atoms with Gasteiger partial charge in [-0.3, -0.25) is 14.7 Å². The quantitative estimate of drug-likeness (QED) is 0.183. The van der Waals surface area contributed by atoms with E-state index in [1.54, 1.807) is 36.2 Å². The highest BCUT2D eigenvalue weighted by atomic mass is 32.2. The van der Waals surface area contributed by atoms with Crippen molar-refractivity contribution in [1.82, 2.24) is 9.97 Å². The van der Waals surface area contributed by atoms with Crippen LogP contribution in [0.25, 0.3) is 10.2 Å². The fraction of sp³-hybridized carbons (Fsp3) is 0.269. The van der Waals surface area contributed by atoms with Crippen molar-refractivity contribution < 1.29 is 14.3 Å². The molecular formula is C26H27N3O3S2. The summed E-state index contributed by atoms with van der Waals surface area (Å²) in [5, 5.41) is 0.679. The Balaban J connectivity index is 1.47. The van der Waals surface area contributed by atoms with Crippen LogP contribution in [0.15, 0.2) is 71.9 Å². The molecule has 0 radical (unpaired) electrons. The predicted molar refractivity (Wildman–Crippen MR) is 139 cm³/mol. The second kappa shape index (κ2) is 11.9. The van der Waals surface area contributed by atoms with Crippen molar-refractivity contribution in [2.24, 2.45) is 0 Å². The lowest BCUT2D eigenvalue weighted by Crippen LogP contribution is -2.30. The van der Waals surface area contributed by atoms with E-state index in [0.717, 1.165) is 44.3 Å². The molecule has 4 rings (SSSR count). The van der Waals surface area contributed by atoms with Crippen LogP contribution in [-0.4, -0.2) is 35.3 Å². The number of thiazole rings is 1. The normalized spacial score (nSPS) is 10.9. The van der Waals surface area contributed by atoms with Crippen LogP contribution in [0, 0.1) is 0 Å². The fourth-order valence-corrected chi connectivity index (χ4v) is 5.31. The largest absolute Gasteiger partial charge is 0.497 e. The van der Waals surface area contributed by atoms with Crippen molar-refractivity contribution in [3.05, 3.63) is 72.6 Å². The van der Waals surface area contributed by atoms with Crippen LogP contribution in [0.2, 0.25) is 0 Å². The lowest BCUT2D eigenvalue weighted by Gasteiger charge is -2.20. The molecule has 34 heavy (non-hydrogen) atoms. The number of ether oxygens (including phenoxy) is 2. The van der Waals surface area contributed by atoms with Gasteiger partial charge in [-0.25, -0.2) is 4.98 Å². The van der Waals surface area contributed by atoms with Crippen molar-refractivity contribution in [2.75, 3.05) is 24.4 Å². The first-order chi connectivity index (χ1) is 16.7. The monoisotopic (exact) mass is 493 g/mol. The molecule has 0 atom stereocenters. The van der Waals surface area contributed by atoms with Gasteiger partial charge in [0.1, 0.15) is 17.0 Å². The van der Waals surface area contributed by atoms with Crippen LogP contribution in [-0.2, 0) is 11.3 Å². The summed E-state index contributed by atoms with van der Waals surface area (Å²) in [6, 6.07) is 17.7. The zero-order chi connectivity index (χ0) is 23.8. The molecular weight excluding hydrogens is 466 g/mol. The number of amides is 1. The topological polar surface area (TPSA) is 64.5 Å². The van der Waals surface area contributed by atoms with E-state index in [2.05, 4.69) is 4.98 Å². The first-order valence-electron chi connectivity index (χ1n) is 11.2. The van der Waals surface area contributed by atoms with E-state index < -0.39 is 0 Å². The van der Waals surface area contributed by atoms with Crippen molar-refractivity contribution in [2.45, 2.75) is 31.2 Å². The van der Waals surface area contributed by atoms with Crippen molar-refractivity contribution in [3.63, 3.8) is 0 Å². The third-order valence-electron chi connectivity index (χ3n) is 5.13.